The lowest BCUT2D eigenvalue weighted by molar-refractivity contribution is -0.129. The fraction of sp³-hybridized carbons (Fsp3) is 0.111. The Balaban J connectivity index is 1.94. The first-order valence-electron chi connectivity index (χ1n) is 7.38. The Kier molecular flexibility index (Phi) is 4.92. The molecule has 0 N–H and O–H groups in total. The van der Waals surface area contributed by atoms with E-state index in [-0.39, 0.29) is 28.7 Å². The summed E-state index contributed by atoms with van der Waals surface area (Å²) in [6.45, 7) is -3.04. The summed E-state index contributed by atoms with van der Waals surface area (Å²) >= 11 is 0. The highest BCUT2D eigenvalue weighted by molar-refractivity contribution is 6.13. The van der Waals surface area contributed by atoms with Gasteiger partial charge in [0.25, 0.3) is 0 Å². The first-order valence-corrected chi connectivity index (χ1v) is 7.38. The first-order chi connectivity index (χ1) is 12.5. The second-order valence-electron chi connectivity index (χ2n) is 5.10. The Morgan fingerprint density at radius 1 is 1.15 bits per heavy atom. The molecule has 26 heavy (non-hydrogen) atoms. The molecular weight excluding hydrogens is 351 g/mol. The fourth-order valence-corrected chi connectivity index (χ4v) is 2.30. The highest BCUT2D eigenvalue weighted by Crippen LogP contribution is 2.27. The highest BCUT2D eigenvalue weighted by atomic mass is 19.3. The van der Waals surface area contributed by atoms with E-state index >= 15 is 0 Å². The Labute approximate surface area is 146 Å². The van der Waals surface area contributed by atoms with Gasteiger partial charge in [-0.15, -0.1) is 0 Å². The molecule has 1 aliphatic rings. The zero-order chi connectivity index (χ0) is 18.7. The van der Waals surface area contributed by atoms with Gasteiger partial charge in [-0.2, -0.15) is 8.78 Å². The van der Waals surface area contributed by atoms with Crippen LogP contribution in [0.1, 0.15) is 11.1 Å². The molecule has 0 aliphatic carbocycles. The number of nitrogens with zero attached hydrogens (tertiary/aromatic N) is 1. The Hall–Kier alpha value is -3.29. The Morgan fingerprint density at radius 3 is 2.62 bits per heavy atom. The van der Waals surface area contributed by atoms with Crippen molar-refractivity contribution in [1.29, 1.82) is 0 Å². The quantitative estimate of drug-likeness (QED) is 0.599. The van der Waals surface area contributed by atoms with Gasteiger partial charge in [-0.25, -0.2) is 14.2 Å². The van der Waals surface area contributed by atoms with E-state index in [4.69, 9.17) is 9.47 Å². The molecule has 0 atom stereocenters. The maximum absolute atomic E-state index is 13.7. The van der Waals surface area contributed by atoms with E-state index in [9.17, 15) is 18.0 Å². The number of aliphatic imine (C=N–C) groups is 1. The van der Waals surface area contributed by atoms with Crippen molar-refractivity contribution in [2.24, 2.45) is 4.99 Å². The maximum atomic E-state index is 13.7. The number of carbonyl (C=O) groups is 1. The summed E-state index contributed by atoms with van der Waals surface area (Å²) in [5.74, 6) is -1.68. The van der Waals surface area contributed by atoms with E-state index in [2.05, 4.69) is 9.73 Å². The largest absolute Gasteiger partial charge is 0.494 e. The van der Waals surface area contributed by atoms with Crippen LogP contribution in [0.3, 0.4) is 0 Å². The van der Waals surface area contributed by atoms with Crippen molar-refractivity contribution in [3.05, 3.63) is 65.1 Å². The number of alkyl halides is 2. The van der Waals surface area contributed by atoms with Crippen molar-refractivity contribution >= 4 is 17.9 Å². The monoisotopic (exact) mass is 363 g/mol. The molecule has 134 valence electrons. The number of esters is 1. The molecule has 1 aliphatic heterocycles. The lowest BCUT2D eigenvalue weighted by Gasteiger charge is -2.08. The topological polar surface area (TPSA) is 57.1 Å². The summed E-state index contributed by atoms with van der Waals surface area (Å²) in [7, 11) is 1.33. The minimum Gasteiger partial charge on any atom is -0.494 e. The van der Waals surface area contributed by atoms with Gasteiger partial charge >= 0.3 is 12.6 Å². The molecule has 3 rings (SSSR count). The number of benzene rings is 2. The Morgan fingerprint density at radius 2 is 1.92 bits per heavy atom. The van der Waals surface area contributed by atoms with Crippen LogP contribution in [-0.2, 0) is 9.53 Å². The minimum absolute atomic E-state index is 0.0587. The van der Waals surface area contributed by atoms with Gasteiger partial charge in [-0.3, -0.25) is 0 Å². The summed E-state index contributed by atoms with van der Waals surface area (Å²) in [6.07, 6.45) is 1.31. The molecule has 5 nitrogen and oxygen atoms in total. The van der Waals surface area contributed by atoms with Crippen LogP contribution in [-0.4, -0.2) is 25.6 Å². The third kappa shape index (κ3) is 3.69. The number of cyclic esters (lactones) is 1. The predicted octanol–water partition coefficient (Wildman–Crippen LogP) is 3.78. The van der Waals surface area contributed by atoms with Gasteiger partial charge in [0.1, 0.15) is 5.75 Å². The van der Waals surface area contributed by atoms with Crippen molar-refractivity contribution < 1.29 is 32.2 Å². The number of hydrogen-bond donors (Lipinski definition) is 0. The molecule has 0 bridgehead atoms. The number of methoxy groups -OCH3 is 1. The van der Waals surface area contributed by atoms with Gasteiger partial charge in [0.2, 0.25) is 5.90 Å². The van der Waals surface area contributed by atoms with Crippen LogP contribution in [0.15, 0.2) is 53.2 Å². The summed E-state index contributed by atoms with van der Waals surface area (Å²) < 4.78 is 53.0. The van der Waals surface area contributed by atoms with Crippen LogP contribution < -0.4 is 9.47 Å². The minimum atomic E-state index is -3.04. The summed E-state index contributed by atoms with van der Waals surface area (Å²) in [4.78, 5) is 16.0. The summed E-state index contributed by atoms with van der Waals surface area (Å²) in [5.41, 5.74) is 0.360. The summed E-state index contributed by atoms with van der Waals surface area (Å²) in [5, 5.41) is 0. The SMILES string of the molecule is COc1ccc(/C=C2\N=C(c3ccccc3OC(F)F)OC2=O)cc1F. The van der Waals surface area contributed by atoms with Gasteiger partial charge in [-0.1, -0.05) is 18.2 Å². The van der Waals surface area contributed by atoms with E-state index in [1.807, 2.05) is 0 Å². The molecule has 1 heterocycles. The first kappa shape index (κ1) is 17.5. The van der Waals surface area contributed by atoms with Crippen molar-refractivity contribution in [2.45, 2.75) is 6.61 Å². The second kappa shape index (κ2) is 7.30. The lowest BCUT2D eigenvalue weighted by atomic mass is 10.2. The average Bonchev–Trinajstić information content (AvgIpc) is 2.95. The van der Waals surface area contributed by atoms with E-state index in [1.54, 1.807) is 6.07 Å². The molecule has 2 aromatic rings. The second-order valence-corrected chi connectivity index (χ2v) is 5.10. The number of halogens is 3. The standard InChI is InChI=1S/C18H12F3NO4/c1-24-15-7-6-10(8-12(15)19)9-13-17(23)26-16(22-13)11-4-2-3-5-14(11)25-18(20)21/h2-9,18H,1H3/b13-9-. The van der Waals surface area contributed by atoms with Gasteiger partial charge in [-0.05, 0) is 35.9 Å². The molecule has 2 aromatic carbocycles. The maximum Gasteiger partial charge on any atom is 0.387 e. The highest BCUT2D eigenvalue weighted by Gasteiger charge is 2.27. The van der Waals surface area contributed by atoms with E-state index in [1.165, 1.54) is 49.6 Å². The molecule has 0 saturated carbocycles. The third-order valence-electron chi connectivity index (χ3n) is 3.43. The van der Waals surface area contributed by atoms with Gasteiger partial charge in [0, 0.05) is 0 Å². The molecule has 0 spiro atoms. The smallest absolute Gasteiger partial charge is 0.387 e. The van der Waals surface area contributed by atoms with Crippen LogP contribution in [0.4, 0.5) is 13.2 Å². The van der Waals surface area contributed by atoms with Crippen molar-refractivity contribution in [3.63, 3.8) is 0 Å². The molecule has 0 aromatic heterocycles. The van der Waals surface area contributed by atoms with Crippen molar-refractivity contribution in [3.8, 4) is 11.5 Å². The van der Waals surface area contributed by atoms with Crippen LogP contribution >= 0.6 is 0 Å². The Bertz CT molecular complexity index is 909. The van der Waals surface area contributed by atoms with Gasteiger partial charge < -0.3 is 14.2 Å². The van der Waals surface area contributed by atoms with E-state index in [0.717, 1.165) is 0 Å². The molecule has 0 unspecified atom stereocenters. The van der Waals surface area contributed by atoms with E-state index in [0.29, 0.717) is 5.56 Å². The van der Waals surface area contributed by atoms with E-state index < -0.39 is 18.4 Å². The van der Waals surface area contributed by atoms with Crippen LogP contribution in [0.2, 0.25) is 0 Å². The number of hydrogen-bond acceptors (Lipinski definition) is 5. The molecule has 0 radical (unpaired) electrons. The third-order valence-corrected chi connectivity index (χ3v) is 3.43. The molecular formula is C18H12F3NO4. The van der Waals surface area contributed by atoms with Crippen LogP contribution in [0.5, 0.6) is 11.5 Å². The molecule has 8 heteroatoms. The fourth-order valence-electron chi connectivity index (χ4n) is 2.30. The number of para-hydroxylation sites is 1. The van der Waals surface area contributed by atoms with Gasteiger partial charge in [0.05, 0.1) is 12.7 Å². The average molecular weight is 363 g/mol. The normalized spacial score (nSPS) is 15.2. The number of carbonyl (C=O) groups excluding carboxylic acids is 1. The van der Waals surface area contributed by atoms with Crippen LogP contribution in [0, 0.1) is 5.82 Å². The molecule has 0 saturated heterocycles. The van der Waals surface area contributed by atoms with Crippen LogP contribution in [0.25, 0.3) is 6.08 Å². The van der Waals surface area contributed by atoms with Crippen molar-refractivity contribution in [2.75, 3.05) is 7.11 Å². The zero-order valence-corrected chi connectivity index (χ0v) is 13.4. The molecule has 0 fully saturated rings. The zero-order valence-electron chi connectivity index (χ0n) is 13.4. The predicted molar refractivity (Wildman–Crippen MR) is 86.6 cm³/mol. The molecule has 0 amide bonds. The number of ether oxygens (including phenoxy) is 3. The summed E-state index contributed by atoms with van der Waals surface area (Å²) in [6, 6.07) is 9.89. The number of rotatable bonds is 5. The lowest BCUT2D eigenvalue weighted by Crippen LogP contribution is -2.10. The van der Waals surface area contributed by atoms with Gasteiger partial charge in [0.15, 0.2) is 17.3 Å². The van der Waals surface area contributed by atoms with Crippen molar-refractivity contribution in [1.82, 2.24) is 0 Å².